The summed E-state index contributed by atoms with van der Waals surface area (Å²) in [5, 5.41) is 9.84. The largest absolute Gasteiger partial charge is 0.508 e. The minimum Gasteiger partial charge on any atom is -0.508 e. The first-order valence-corrected chi connectivity index (χ1v) is 7.91. The monoisotopic (exact) mass is 304 g/mol. The van der Waals surface area contributed by atoms with Crippen LogP contribution in [0.15, 0.2) is 72.8 Å². The van der Waals surface area contributed by atoms with Crippen molar-refractivity contribution in [2.75, 3.05) is 0 Å². The summed E-state index contributed by atoms with van der Waals surface area (Å²) in [7, 11) is 0. The number of hydrogen-bond donors (Lipinski definition) is 1. The van der Waals surface area contributed by atoms with Gasteiger partial charge in [-0.25, -0.2) is 0 Å². The zero-order valence-corrected chi connectivity index (χ0v) is 13.2. The Hall–Kier alpha value is -2.74. The first-order chi connectivity index (χ1) is 11.3. The van der Waals surface area contributed by atoms with E-state index in [1.165, 1.54) is 5.56 Å². The second-order valence-electron chi connectivity index (χ2n) is 5.53. The van der Waals surface area contributed by atoms with Gasteiger partial charge in [-0.3, -0.25) is 0 Å². The van der Waals surface area contributed by atoms with Crippen molar-refractivity contribution in [3.63, 3.8) is 0 Å². The van der Waals surface area contributed by atoms with Gasteiger partial charge in [0.25, 0.3) is 0 Å². The summed E-state index contributed by atoms with van der Waals surface area (Å²) >= 11 is 0. The minimum atomic E-state index is 0.332. The number of benzene rings is 3. The van der Waals surface area contributed by atoms with Crippen molar-refractivity contribution in [2.45, 2.75) is 19.8 Å². The van der Waals surface area contributed by atoms with Crippen molar-refractivity contribution in [1.82, 2.24) is 0 Å². The van der Waals surface area contributed by atoms with E-state index in [1.54, 1.807) is 12.1 Å². The summed E-state index contributed by atoms with van der Waals surface area (Å²) in [5.74, 6) is 1.87. The molecule has 0 amide bonds. The topological polar surface area (TPSA) is 29.5 Å². The van der Waals surface area contributed by atoms with Crippen molar-refractivity contribution in [3.8, 4) is 28.4 Å². The molecule has 0 atom stereocenters. The van der Waals surface area contributed by atoms with Crippen LogP contribution in [0.2, 0.25) is 0 Å². The van der Waals surface area contributed by atoms with Gasteiger partial charge in [0.15, 0.2) is 0 Å². The fourth-order valence-corrected chi connectivity index (χ4v) is 2.58. The van der Waals surface area contributed by atoms with Gasteiger partial charge in [0.05, 0.1) is 0 Å². The summed E-state index contributed by atoms with van der Waals surface area (Å²) < 4.78 is 5.90. The standard InChI is InChI=1S/C21H20O2/c1-2-6-18-15-20(13-14-21(18)22)23-19-11-9-17(10-12-19)16-7-4-3-5-8-16/h3-5,7-15,22H,2,6H2,1H3. The highest BCUT2D eigenvalue weighted by molar-refractivity contribution is 5.64. The van der Waals surface area contributed by atoms with Crippen molar-refractivity contribution < 1.29 is 9.84 Å². The highest BCUT2D eigenvalue weighted by Crippen LogP contribution is 2.29. The number of rotatable bonds is 5. The fourth-order valence-electron chi connectivity index (χ4n) is 2.58. The third-order valence-corrected chi connectivity index (χ3v) is 3.77. The fraction of sp³-hybridized carbons (Fsp3) is 0.143. The predicted molar refractivity (Wildman–Crippen MR) is 94.1 cm³/mol. The predicted octanol–water partition coefficient (Wildman–Crippen LogP) is 5.80. The van der Waals surface area contributed by atoms with Crippen molar-refractivity contribution in [2.24, 2.45) is 0 Å². The summed E-state index contributed by atoms with van der Waals surface area (Å²) in [4.78, 5) is 0. The molecular weight excluding hydrogens is 284 g/mol. The van der Waals surface area contributed by atoms with E-state index in [2.05, 4.69) is 31.2 Å². The maximum atomic E-state index is 9.84. The second-order valence-corrected chi connectivity index (χ2v) is 5.53. The molecule has 0 aliphatic heterocycles. The average molecular weight is 304 g/mol. The quantitative estimate of drug-likeness (QED) is 0.645. The lowest BCUT2D eigenvalue weighted by Gasteiger charge is -2.10. The highest BCUT2D eigenvalue weighted by atomic mass is 16.5. The summed E-state index contributed by atoms with van der Waals surface area (Å²) in [5.41, 5.74) is 3.27. The number of hydrogen-bond acceptors (Lipinski definition) is 2. The van der Waals surface area contributed by atoms with Gasteiger partial charge in [-0.15, -0.1) is 0 Å². The van der Waals surface area contributed by atoms with Crippen molar-refractivity contribution >= 4 is 0 Å². The Kier molecular flexibility index (Phi) is 4.62. The van der Waals surface area contributed by atoms with Gasteiger partial charge in [-0.2, -0.15) is 0 Å². The zero-order valence-electron chi connectivity index (χ0n) is 13.2. The lowest BCUT2D eigenvalue weighted by Crippen LogP contribution is -1.89. The molecule has 1 N–H and O–H groups in total. The molecule has 2 heteroatoms. The summed E-state index contributed by atoms with van der Waals surface area (Å²) in [6.45, 7) is 2.09. The molecule has 0 fully saturated rings. The normalized spacial score (nSPS) is 10.5. The maximum absolute atomic E-state index is 9.84. The summed E-state index contributed by atoms with van der Waals surface area (Å²) in [6.07, 6.45) is 1.83. The molecule has 3 rings (SSSR count). The molecule has 3 aromatic carbocycles. The number of phenols is 1. The van der Waals surface area contributed by atoms with E-state index in [9.17, 15) is 5.11 Å². The first-order valence-electron chi connectivity index (χ1n) is 7.91. The van der Waals surface area contributed by atoms with E-state index >= 15 is 0 Å². The molecule has 0 heterocycles. The van der Waals surface area contributed by atoms with Gasteiger partial charge < -0.3 is 9.84 Å². The van der Waals surface area contributed by atoms with Gasteiger partial charge in [-0.1, -0.05) is 55.8 Å². The van der Waals surface area contributed by atoms with Crippen LogP contribution in [0.3, 0.4) is 0 Å². The smallest absolute Gasteiger partial charge is 0.127 e. The van der Waals surface area contributed by atoms with E-state index < -0.39 is 0 Å². The van der Waals surface area contributed by atoms with Gasteiger partial charge in [0.2, 0.25) is 0 Å². The molecule has 0 aliphatic rings. The van der Waals surface area contributed by atoms with Gasteiger partial charge in [0.1, 0.15) is 17.2 Å². The number of phenolic OH excluding ortho intramolecular Hbond substituents is 1. The lowest BCUT2D eigenvalue weighted by atomic mass is 10.1. The van der Waals surface area contributed by atoms with E-state index in [0.29, 0.717) is 5.75 Å². The van der Waals surface area contributed by atoms with Crippen LogP contribution in [0.5, 0.6) is 17.2 Å². The Bertz CT molecular complexity index is 762. The molecule has 0 unspecified atom stereocenters. The molecule has 23 heavy (non-hydrogen) atoms. The van der Waals surface area contributed by atoms with E-state index in [0.717, 1.165) is 35.5 Å². The minimum absolute atomic E-state index is 0.332. The molecule has 0 bridgehead atoms. The summed E-state index contributed by atoms with van der Waals surface area (Å²) in [6, 6.07) is 23.7. The van der Waals surface area contributed by atoms with Gasteiger partial charge in [0, 0.05) is 0 Å². The highest BCUT2D eigenvalue weighted by Gasteiger charge is 2.04. The molecular formula is C21H20O2. The number of aromatic hydroxyl groups is 1. The van der Waals surface area contributed by atoms with Crippen LogP contribution in [0.25, 0.3) is 11.1 Å². The third-order valence-electron chi connectivity index (χ3n) is 3.77. The van der Waals surface area contributed by atoms with E-state index in [1.807, 2.05) is 36.4 Å². The van der Waals surface area contributed by atoms with Crippen LogP contribution < -0.4 is 4.74 Å². The molecule has 0 saturated carbocycles. The van der Waals surface area contributed by atoms with Crippen LogP contribution in [-0.2, 0) is 6.42 Å². The van der Waals surface area contributed by atoms with Crippen molar-refractivity contribution in [1.29, 1.82) is 0 Å². The average Bonchev–Trinajstić information content (AvgIpc) is 2.60. The van der Waals surface area contributed by atoms with Gasteiger partial charge in [-0.05, 0) is 53.4 Å². The van der Waals surface area contributed by atoms with Crippen molar-refractivity contribution in [3.05, 3.63) is 78.4 Å². The molecule has 0 spiro atoms. The SMILES string of the molecule is CCCc1cc(Oc2ccc(-c3ccccc3)cc2)ccc1O. The van der Waals surface area contributed by atoms with Crippen LogP contribution >= 0.6 is 0 Å². The molecule has 0 aliphatic carbocycles. The zero-order chi connectivity index (χ0) is 16.1. The number of ether oxygens (including phenoxy) is 1. The number of aryl methyl sites for hydroxylation is 1. The van der Waals surface area contributed by atoms with Gasteiger partial charge >= 0.3 is 0 Å². The van der Waals surface area contributed by atoms with E-state index in [4.69, 9.17) is 4.74 Å². The van der Waals surface area contributed by atoms with E-state index in [-0.39, 0.29) is 0 Å². The lowest BCUT2D eigenvalue weighted by molar-refractivity contribution is 0.457. The molecule has 0 aromatic heterocycles. The molecule has 116 valence electrons. The molecule has 0 radical (unpaired) electrons. The van der Waals surface area contributed by atoms with Crippen LogP contribution in [0.4, 0.5) is 0 Å². The van der Waals surface area contributed by atoms with Crippen LogP contribution in [0.1, 0.15) is 18.9 Å². The Balaban J connectivity index is 1.77. The van der Waals surface area contributed by atoms with Crippen LogP contribution in [-0.4, -0.2) is 5.11 Å². The second kappa shape index (κ2) is 7.01. The molecule has 0 saturated heterocycles. The Labute approximate surface area is 137 Å². The van der Waals surface area contributed by atoms with Crippen LogP contribution in [0, 0.1) is 0 Å². The first kappa shape index (κ1) is 15.2. The Morgan fingerprint density at radius 3 is 2.13 bits per heavy atom. The Morgan fingerprint density at radius 2 is 1.43 bits per heavy atom. The Morgan fingerprint density at radius 1 is 0.783 bits per heavy atom. The molecule has 3 aromatic rings. The molecule has 2 nitrogen and oxygen atoms in total. The third kappa shape index (κ3) is 3.72. The maximum Gasteiger partial charge on any atom is 0.127 e.